The van der Waals surface area contributed by atoms with Crippen LogP contribution in [0.15, 0.2) is 74.5 Å². The van der Waals surface area contributed by atoms with E-state index in [1.807, 2.05) is 30.5 Å². The fourth-order valence-electron chi connectivity index (χ4n) is 4.23. The molecule has 2 aromatic heterocycles. The zero-order valence-electron chi connectivity index (χ0n) is 17.2. The number of fused-ring (bicyclic) bond motifs is 3. The summed E-state index contributed by atoms with van der Waals surface area (Å²) in [5.74, 6) is 0.519. The molecule has 32 heavy (non-hydrogen) atoms. The van der Waals surface area contributed by atoms with Gasteiger partial charge in [0.05, 0.1) is 12.1 Å². The highest BCUT2D eigenvalue weighted by Crippen LogP contribution is 2.33. The Bertz CT molecular complexity index is 1410. The smallest absolute Gasteiger partial charge is 0.408 e. The minimum absolute atomic E-state index is 0.423. The SMILES string of the molecule is O=c1[nH]c2cc(SN3CCc4c(ccnc4NC4=Cc5ccccc5NC4)C3)ccc2o1. The highest BCUT2D eigenvalue weighted by atomic mass is 32.2. The quantitative estimate of drug-likeness (QED) is 0.402. The van der Waals surface area contributed by atoms with Crippen molar-refractivity contribution in [1.82, 2.24) is 14.3 Å². The molecule has 4 heterocycles. The van der Waals surface area contributed by atoms with Crippen molar-refractivity contribution >= 4 is 40.6 Å². The summed E-state index contributed by atoms with van der Waals surface area (Å²) in [6, 6.07) is 16.2. The third kappa shape index (κ3) is 3.68. The summed E-state index contributed by atoms with van der Waals surface area (Å²) in [6.45, 7) is 2.50. The van der Waals surface area contributed by atoms with Crippen molar-refractivity contribution in [3.63, 3.8) is 0 Å². The van der Waals surface area contributed by atoms with Crippen molar-refractivity contribution in [2.24, 2.45) is 0 Å². The number of rotatable bonds is 4. The molecule has 0 unspecified atom stereocenters. The second-order valence-corrected chi connectivity index (χ2v) is 9.08. The summed E-state index contributed by atoms with van der Waals surface area (Å²) in [5, 5.41) is 7.02. The first-order chi connectivity index (χ1) is 15.7. The molecule has 0 atom stereocenters. The van der Waals surface area contributed by atoms with E-state index in [0.717, 1.165) is 53.7 Å². The average molecular weight is 444 g/mol. The number of benzene rings is 2. The first kappa shape index (κ1) is 19.2. The molecule has 160 valence electrons. The molecule has 4 aromatic rings. The Balaban J connectivity index is 1.20. The lowest BCUT2D eigenvalue weighted by atomic mass is 10.0. The summed E-state index contributed by atoms with van der Waals surface area (Å²) in [4.78, 5) is 19.8. The number of oxazole rings is 1. The summed E-state index contributed by atoms with van der Waals surface area (Å²) >= 11 is 1.69. The Kier molecular flexibility index (Phi) is 4.74. The second kappa shape index (κ2) is 7.89. The van der Waals surface area contributed by atoms with Gasteiger partial charge >= 0.3 is 5.76 Å². The lowest BCUT2D eigenvalue weighted by molar-refractivity contribution is 0.444. The molecule has 3 N–H and O–H groups in total. The fourth-order valence-corrected chi connectivity index (χ4v) is 5.22. The molecule has 0 fully saturated rings. The predicted molar refractivity (Wildman–Crippen MR) is 128 cm³/mol. The van der Waals surface area contributed by atoms with Crippen molar-refractivity contribution in [1.29, 1.82) is 0 Å². The minimum atomic E-state index is -0.423. The van der Waals surface area contributed by atoms with E-state index in [0.29, 0.717) is 5.58 Å². The van der Waals surface area contributed by atoms with Crippen LogP contribution in [0.1, 0.15) is 16.7 Å². The van der Waals surface area contributed by atoms with Gasteiger partial charge in [0, 0.05) is 41.1 Å². The van der Waals surface area contributed by atoms with E-state index in [9.17, 15) is 4.79 Å². The van der Waals surface area contributed by atoms with Gasteiger partial charge in [0.2, 0.25) is 0 Å². The van der Waals surface area contributed by atoms with E-state index < -0.39 is 5.76 Å². The van der Waals surface area contributed by atoms with Crippen molar-refractivity contribution in [3.05, 3.63) is 87.7 Å². The maximum atomic E-state index is 11.4. The van der Waals surface area contributed by atoms with Crippen LogP contribution in [0.2, 0.25) is 0 Å². The number of hydrogen-bond acceptors (Lipinski definition) is 7. The zero-order valence-corrected chi connectivity index (χ0v) is 18.0. The van der Waals surface area contributed by atoms with E-state index in [2.05, 4.69) is 55.2 Å². The van der Waals surface area contributed by atoms with Gasteiger partial charge in [-0.1, -0.05) is 18.2 Å². The van der Waals surface area contributed by atoms with E-state index >= 15 is 0 Å². The third-order valence-corrected chi connectivity index (χ3v) is 6.81. The number of aromatic nitrogens is 2. The average Bonchev–Trinajstić information content (AvgIpc) is 3.18. The largest absolute Gasteiger partial charge is 0.417 e. The first-order valence-electron chi connectivity index (χ1n) is 10.5. The highest BCUT2D eigenvalue weighted by molar-refractivity contribution is 7.97. The van der Waals surface area contributed by atoms with Crippen LogP contribution in [0.5, 0.6) is 0 Å². The number of H-pyrrole nitrogens is 1. The predicted octanol–water partition coefficient (Wildman–Crippen LogP) is 4.46. The molecule has 2 aliphatic heterocycles. The van der Waals surface area contributed by atoms with Crippen LogP contribution in [0, 0.1) is 0 Å². The number of pyridine rings is 1. The maximum Gasteiger partial charge on any atom is 0.417 e. The Labute approximate surface area is 188 Å². The first-order valence-corrected chi connectivity index (χ1v) is 11.3. The van der Waals surface area contributed by atoms with Crippen LogP contribution < -0.4 is 16.4 Å². The van der Waals surface area contributed by atoms with Crippen LogP contribution in [0.3, 0.4) is 0 Å². The van der Waals surface area contributed by atoms with Gasteiger partial charge in [-0.3, -0.25) is 4.98 Å². The zero-order chi connectivity index (χ0) is 21.5. The number of nitrogens with one attached hydrogen (secondary N) is 3. The van der Waals surface area contributed by atoms with Crippen molar-refractivity contribution in [3.8, 4) is 0 Å². The van der Waals surface area contributed by atoms with E-state index in [-0.39, 0.29) is 0 Å². The Morgan fingerprint density at radius 1 is 1.16 bits per heavy atom. The molecule has 0 spiro atoms. The van der Waals surface area contributed by atoms with Crippen LogP contribution in [-0.4, -0.2) is 27.4 Å². The number of para-hydroxylation sites is 1. The fraction of sp³-hybridized carbons (Fsp3) is 0.167. The standard InChI is InChI=1S/C24H21N5O2S/c30-24-28-21-12-18(5-6-22(21)31-24)32-29-10-8-19-16(14-29)7-9-25-23(19)27-17-11-15-3-1-2-4-20(15)26-13-17/h1-7,9,11-12,26H,8,10,13-14H2,(H,25,27)(H,28,30). The molecule has 2 aliphatic rings. The monoisotopic (exact) mass is 443 g/mol. The summed E-state index contributed by atoms with van der Waals surface area (Å²) < 4.78 is 7.43. The Hall–Kier alpha value is -3.49. The molecule has 0 saturated heterocycles. The Morgan fingerprint density at radius 3 is 3.06 bits per heavy atom. The molecule has 8 heteroatoms. The molecule has 0 radical (unpaired) electrons. The van der Waals surface area contributed by atoms with Crippen LogP contribution >= 0.6 is 11.9 Å². The molecule has 7 nitrogen and oxygen atoms in total. The molecule has 0 amide bonds. The van der Waals surface area contributed by atoms with Crippen LogP contribution in [0.4, 0.5) is 11.5 Å². The van der Waals surface area contributed by atoms with Crippen molar-refractivity contribution < 1.29 is 4.42 Å². The third-order valence-electron chi connectivity index (χ3n) is 5.77. The molecule has 6 rings (SSSR count). The van der Waals surface area contributed by atoms with Crippen molar-refractivity contribution in [2.75, 3.05) is 23.7 Å². The summed E-state index contributed by atoms with van der Waals surface area (Å²) in [7, 11) is 0. The summed E-state index contributed by atoms with van der Waals surface area (Å²) in [5.41, 5.74) is 7.32. The lowest BCUT2D eigenvalue weighted by Crippen LogP contribution is -2.26. The summed E-state index contributed by atoms with van der Waals surface area (Å²) in [6.07, 6.45) is 4.98. The van der Waals surface area contributed by atoms with Crippen LogP contribution in [0.25, 0.3) is 17.2 Å². The van der Waals surface area contributed by atoms with Gasteiger partial charge in [0.15, 0.2) is 5.58 Å². The van der Waals surface area contributed by atoms with Gasteiger partial charge in [0.1, 0.15) is 5.82 Å². The topological polar surface area (TPSA) is 86.2 Å². The van der Waals surface area contributed by atoms with E-state index in [1.54, 1.807) is 11.9 Å². The van der Waals surface area contributed by atoms with Gasteiger partial charge < -0.3 is 15.1 Å². The van der Waals surface area contributed by atoms with Gasteiger partial charge in [0.25, 0.3) is 0 Å². The van der Waals surface area contributed by atoms with Crippen molar-refractivity contribution in [2.45, 2.75) is 17.9 Å². The molecule has 0 saturated carbocycles. The van der Waals surface area contributed by atoms with Crippen LogP contribution in [-0.2, 0) is 13.0 Å². The second-order valence-electron chi connectivity index (χ2n) is 7.91. The lowest BCUT2D eigenvalue weighted by Gasteiger charge is -2.29. The van der Waals surface area contributed by atoms with E-state index in [4.69, 9.17) is 4.42 Å². The molecular formula is C24H21N5O2S. The molecule has 0 aliphatic carbocycles. The number of nitrogens with zero attached hydrogens (tertiary/aromatic N) is 2. The Morgan fingerprint density at radius 2 is 2.09 bits per heavy atom. The number of aromatic amines is 1. The number of anilines is 2. The minimum Gasteiger partial charge on any atom is -0.408 e. The highest BCUT2D eigenvalue weighted by Gasteiger charge is 2.21. The van der Waals surface area contributed by atoms with Gasteiger partial charge in [-0.2, -0.15) is 0 Å². The van der Waals surface area contributed by atoms with Gasteiger partial charge in [-0.15, -0.1) is 0 Å². The molecular weight excluding hydrogens is 422 g/mol. The number of hydrogen-bond donors (Lipinski definition) is 3. The normalized spacial score (nSPS) is 15.6. The van der Waals surface area contributed by atoms with Gasteiger partial charge in [-0.05, 0) is 65.9 Å². The van der Waals surface area contributed by atoms with E-state index in [1.165, 1.54) is 16.7 Å². The molecule has 0 bridgehead atoms. The van der Waals surface area contributed by atoms with Gasteiger partial charge in [-0.25, -0.2) is 14.1 Å². The molecule has 2 aromatic carbocycles. The maximum absolute atomic E-state index is 11.4.